The molecule has 1 aromatic rings. The van der Waals surface area contributed by atoms with Gasteiger partial charge in [0.25, 0.3) is 0 Å². The fraction of sp³-hybridized carbons (Fsp3) is 0.571. The van der Waals surface area contributed by atoms with Crippen LogP contribution < -0.4 is 24.2 Å². The number of pyridine rings is 1. The second kappa shape index (κ2) is 6.44. The van der Waals surface area contributed by atoms with Gasteiger partial charge < -0.3 is 4.79 Å². The van der Waals surface area contributed by atoms with E-state index in [1.807, 2.05) is 17.1 Å². The van der Waals surface area contributed by atoms with Gasteiger partial charge in [-0.05, 0) is 25.5 Å². The van der Waals surface area contributed by atoms with Crippen molar-refractivity contribution >= 4 is 29.5 Å². The van der Waals surface area contributed by atoms with Gasteiger partial charge in [-0.2, -0.15) is 0 Å². The summed E-state index contributed by atoms with van der Waals surface area (Å²) in [7, 11) is -4.03. The zero-order valence-electron chi connectivity index (χ0n) is 14.3. The summed E-state index contributed by atoms with van der Waals surface area (Å²) < 4.78 is 0. The van der Waals surface area contributed by atoms with Crippen LogP contribution >= 0.6 is 0 Å². The molecule has 0 unspecified atom stereocenters. The van der Waals surface area contributed by atoms with Gasteiger partial charge in [0.05, 0.1) is 0 Å². The minimum atomic E-state index is -1.55. The normalized spacial score (nSPS) is 13.3. The number of nitrogens with zero attached hydrogens (tertiary/aromatic N) is 1. The molecule has 0 bridgehead atoms. The number of hydrogen-bond donors (Lipinski definition) is 0. The average Bonchev–Trinajstić information content (AvgIpc) is 2.13. The Morgan fingerprint density at radius 1 is 0.842 bits per heavy atom. The molecule has 0 saturated carbocycles. The molecule has 0 saturated heterocycles. The summed E-state index contributed by atoms with van der Waals surface area (Å²) >= 11 is 0. The van der Waals surface area contributed by atoms with Crippen molar-refractivity contribution in [2.45, 2.75) is 52.4 Å². The fourth-order valence-electron chi connectivity index (χ4n) is 3.86. The molecule has 0 fully saturated rings. The molecule has 19 heavy (non-hydrogen) atoms. The van der Waals surface area contributed by atoms with Crippen molar-refractivity contribution in [3.05, 3.63) is 29.2 Å². The molecular formula is C14H28LiNSi3. The number of rotatable bonds is 4. The van der Waals surface area contributed by atoms with Gasteiger partial charge in [-0.25, -0.2) is 0 Å². The zero-order valence-corrected chi connectivity index (χ0v) is 17.3. The average molecular weight is 302 g/mol. The number of hydrogen-bond acceptors (Lipinski definition) is 1. The van der Waals surface area contributed by atoms with Gasteiger partial charge >= 0.3 is 18.9 Å². The molecule has 0 N–H and O–H groups in total. The summed E-state index contributed by atoms with van der Waals surface area (Å²) in [5.41, 5.74) is 0. The third-order valence-electron chi connectivity index (χ3n) is 3.43. The topological polar surface area (TPSA) is 12.9 Å². The van der Waals surface area contributed by atoms with Crippen molar-refractivity contribution in [3.63, 3.8) is 0 Å². The number of aromatic nitrogens is 1. The van der Waals surface area contributed by atoms with Crippen molar-refractivity contribution < 1.29 is 18.9 Å². The molecule has 0 spiro atoms. The van der Waals surface area contributed by atoms with Crippen molar-refractivity contribution in [2.24, 2.45) is 0 Å². The Kier molecular flexibility index (Phi) is 6.58. The molecule has 0 aliphatic heterocycles. The monoisotopic (exact) mass is 301 g/mol. The Morgan fingerprint density at radius 3 is 1.63 bits per heavy atom. The second-order valence-electron chi connectivity index (χ2n) is 7.71. The molecule has 1 aromatic heterocycles. The van der Waals surface area contributed by atoms with Crippen molar-refractivity contribution in [2.75, 3.05) is 0 Å². The minimum absolute atomic E-state index is 0. The van der Waals surface area contributed by atoms with Gasteiger partial charge in [-0.3, -0.25) is 4.98 Å². The van der Waals surface area contributed by atoms with E-state index in [-0.39, 0.29) is 18.9 Å². The fourth-order valence-corrected chi connectivity index (χ4v) is 29.8. The van der Waals surface area contributed by atoms with Crippen molar-refractivity contribution in [1.29, 1.82) is 0 Å². The first-order chi connectivity index (χ1) is 7.97. The molecule has 1 nitrogen and oxygen atoms in total. The standard InChI is InChI=1S/C14H28NSi3.Li/c1-16(2,3)14(17(4,5)6)18(7,8)13-11-9-10-12-15-13;/h9-12H,1-8H3;/q-1;+1. The van der Waals surface area contributed by atoms with Gasteiger partial charge in [0.1, 0.15) is 0 Å². The molecule has 0 aliphatic carbocycles. The van der Waals surface area contributed by atoms with Crippen LogP contribution in [0.2, 0.25) is 52.4 Å². The Morgan fingerprint density at radius 2 is 1.32 bits per heavy atom. The summed E-state index contributed by atoms with van der Waals surface area (Å²) in [6.07, 6.45) is 1.95. The first-order valence-electron chi connectivity index (χ1n) is 6.77. The predicted molar refractivity (Wildman–Crippen MR) is 91.3 cm³/mol. The summed E-state index contributed by atoms with van der Waals surface area (Å²) in [5.74, 6) is 0. The van der Waals surface area contributed by atoms with Crippen LogP contribution in [-0.4, -0.2) is 29.2 Å². The van der Waals surface area contributed by atoms with E-state index in [2.05, 4.69) is 69.5 Å². The van der Waals surface area contributed by atoms with Crippen molar-refractivity contribution in [3.8, 4) is 0 Å². The van der Waals surface area contributed by atoms with Crippen LogP contribution in [-0.2, 0) is 0 Å². The summed E-state index contributed by atoms with van der Waals surface area (Å²) in [4.78, 5) is 6.64. The third kappa shape index (κ3) is 4.71. The van der Waals surface area contributed by atoms with Gasteiger partial charge in [-0.15, -0.1) is 16.1 Å². The molecule has 1 rings (SSSR count). The molecule has 0 aliphatic rings. The molecule has 0 atom stereocenters. The molecule has 1 heterocycles. The smallest absolute Gasteiger partial charge is 0.305 e. The van der Waals surface area contributed by atoms with E-state index < -0.39 is 24.2 Å². The van der Waals surface area contributed by atoms with E-state index in [0.717, 1.165) is 0 Å². The van der Waals surface area contributed by atoms with Gasteiger partial charge in [0.2, 0.25) is 0 Å². The predicted octanol–water partition coefficient (Wildman–Crippen LogP) is 0.869. The molecule has 0 aromatic carbocycles. The summed E-state index contributed by atoms with van der Waals surface area (Å²) in [6, 6.07) is 6.41. The maximum absolute atomic E-state index is 4.68. The molecular weight excluding hydrogens is 273 g/mol. The van der Waals surface area contributed by atoms with E-state index >= 15 is 0 Å². The van der Waals surface area contributed by atoms with Gasteiger partial charge in [-0.1, -0.05) is 58.4 Å². The summed E-state index contributed by atoms with van der Waals surface area (Å²) in [6.45, 7) is 20.1. The second-order valence-corrected chi connectivity index (χ2v) is 23.5. The van der Waals surface area contributed by atoms with Crippen LogP contribution in [0.25, 0.3) is 0 Å². The molecule has 0 amide bonds. The maximum Gasteiger partial charge on any atom is 1.00 e. The minimum Gasteiger partial charge on any atom is -0.305 e. The van der Waals surface area contributed by atoms with Crippen LogP contribution in [0.5, 0.6) is 0 Å². The molecule has 0 radical (unpaired) electrons. The first kappa shape index (κ1) is 19.4. The van der Waals surface area contributed by atoms with Crippen LogP contribution in [0.15, 0.2) is 24.4 Å². The van der Waals surface area contributed by atoms with Gasteiger partial charge in [0.15, 0.2) is 0 Å². The maximum atomic E-state index is 4.68. The van der Waals surface area contributed by atoms with E-state index in [4.69, 9.17) is 0 Å². The molecule has 5 heteroatoms. The Bertz CT molecular complexity index is 379. The Labute approximate surface area is 134 Å². The molecule has 102 valence electrons. The SMILES string of the molecule is C[Si](C)(C)[C-]([Si](C)(C)C)[Si](C)(C)c1ccccn1.[Li+]. The van der Waals surface area contributed by atoms with Crippen molar-refractivity contribution in [1.82, 2.24) is 4.98 Å². The third-order valence-corrected chi connectivity index (χ3v) is 22.0. The Balaban J connectivity index is 0.00000324. The first-order valence-corrected chi connectivity index (χ1v) is 16.8. The van der Waals surface area contributed by atoms with Crippen LogP contribution in [0.1, 0.15) is 0 Å². The van der Waals surface area contributed by atoms with E-state index in [9.17, 15) is 0 Å². The largest absolute Gasteiger partial charge is 1.00 e. The zero-order chi connectivity index (χ0) is 14.2. The van der Waals surface area contributed by atoms with Crippen LogP contribution in [0.3, 0.4) is 0 Å². The van der Waals surface area contributed by atoms with E-state index in [0.29, 0.717) is 0 Å². The van der Waals surface area contributed by atoms with E-state index in [1.165, 1.54) is 5.32 Å². The Hall–Kier alpha value is 0.398. The quantitative estimate of drug-likeness (QED) is 0.594. The van der Waals surface area contributed by atoms with E-state index in [1.54, 1.807) is 0 Å². The van der Waals surface area contributed by atoms with Crippen LogP contribution in [0.4, 0.5) is 0 Å². The summed E-state index contributed by atoms with van der Waals surface area (Å²) in [5, 5.41) is 1.37. The van der Waals surface area contributed by atoms with Crippen LogP contribution in [0, 0.1) is 4.79 Å². The van der Waals surface area contributed by atoms with Gasteiger partial charge in [0, 0.05) is 6.20 Å².